The fourth-order valence-electron chi connectivity index (χ4n) is 3.06. The molecule has 0 aliphatic carbocycles. The first-order valence-electron chi connectivity index (χ1n) is 7.45. The molecular formula is C16H17N5O. The fourth-order valence-corrected chi connectivity index (χ4v) is 3.06. The van der Waals surface area contributed by atoms with Crippen molar-refractivity contribution in [3.8, 4) is 11.6 Å². The standard InChI is InChI=1S/C16H17N5O/c1-20-13-5-3-2-4-12(13)19-16(20)15-17-8-9-21(15)10-11-6-7-14(22)18-11/h2-5,8-9,11H,6-7,10H2,1H3,(H,18,22). The summed E-state index contributed by atoms with van der Waals surface area (Å²) in [5, 5.41) is 3.00. The van der Waals surface area contributed by atoms with Crippen molar-refractivity contribution in [2.45, 2.75) is 25.4 Å². The summed E-state index contributed by atoms with van der Waals surface area (Å²) in [5.74, 6) is 1.81. The van der Waals surface area contributed by atoms with Gasteiger partial charge < -0.3 is 14.5 Å². The van der Waals surface area contributed by atoms with Gasteiger partial charge in [0.25, 0.3) is 0 Å². The first-order valence-corrected chi connectivity index (χ1v) is 7.45. The fraction of sp³-hybridized carbons (Fsp3) is 0.312. The Labute approximate surface area is 127 Å². The van der Waals surface area contributed by atoms with Crippen LogP contribution >= 0.6 is 0 Å². The Bertz CT molecular complexity index is 847. The molecule has 2 aromatic heterocycles. The van der Waals surface area contributed by atoms with Crippen LogP contribution in [-0.4, -0.2) is 31.1 Å². The van der Waals surface area contributed by atoms with Crippen molar-refractivity contribution in [2.24, 2.45) is 7.05 Å². The molecule has 0 spiro atoms. The molecule has 0 saturated carbocycles. The van der Waals surface area contributed by atoms with Crippen molar-refractivity contribution in [3.05, 3.63) is 36.7 Å². The summed E-state index contributed by atoms with van der Waals surface area (Å²) in [6.07, 6.45) is 5.21. The topological polar surface area (TPSA) is 64.7 Å². The molecule has 3 aromatic rings. The summed E-state index contributed by atoms with van der Waals surface area (Å²) in [7, 11) is 2.00. The lowest BCUT2D eigenvalue weighted by molar-refractivity contribution is -0.119. The van der Waals surface area contributed by atoms with E-state index in [1.807, 2.05) is 31.4 Å². The quantitative estimate of drug-likeness (QED) is 0.800. The summed E-state index contributed by atoms with van der Waals surface area (Å²) in [6, 6.07) is 8.23. The Balaban J connectivity index is 1.72. The number of amides is 1. The Morgan fingerprint density at radius 2 is 2.18 bits per heavy atom. The van der Waals surface area contributed by atoms with Crippen LogP contribution in [0.4, 0.5) is 0 Å². The van der Waals surface area contributed by atoms with Crippen molar-refractivity contribution in [2.75, 3.05) is 0 Å². The van der Waals surface area contributed by atoms with Crippen LogP contribution in [0.15, 0.2) is 36.7 Å². The van der Waals surface area contributed by atoms with Gasteiger partial charge in [-0.25, -0.2) is 9.97 Å². The summed E-state index contributed by atoms with van der Waals surface area (Å²) in [4.78, 5) is 20.5. The van der Waals surface area contributed by atoms with Gasteiger partial charge in [-0.1, -0.05) is 12.1 Å². The largest absolute Gasteiger partial charge is 0.352 e. The van der Waals surface area contributed by atoms with Crippen LogP contribution in [0.2, 0.25) is 0 Å². The Hall–Kier alpha value is -2.63. The predicted octanol–water partition coefficient (Wildman–Crippen LogP) is 1.72. The first kappa shape index (κ1) is 13.1. The number of aromatic nitrogens is 4. The van der Waals surface area contributed by atoms with E-state index in [0.29, 0.717) is 6.42 Å². The molecule has 1 N–H and O–H groups in total. The zero-order chi connectivity index (χ0) is 15.1. The van der Waals surface area contributed by atoms with E-state index in [0.717, 1.165) is 35.6 Å². The van der Waals surface area contributed by atoms with E-state index in [1.165, 1.54) is 0 Å². The second-order valence-electron chi connectivity index (χ2n) is 5.69. The van der Waals surface area contributed by atoms with Gasteiger partial charge in [0, 0.05) is 38.4 Å². The minimum absolute atomic E-state index is 0.134. The van der Waals surface area contributed by atoms with Gasteiger partial charge in [0.05, 0.1) is 11.0 Å². The molecule has 0 radical (unpaired) electrons. The summed E-state index contributed by atoms with van der Waals surface area (Å²) in [5.41, 5.74) is 2.05. The number of hydrogen-bond donors (Lipinski definition) is 1. The third-order valence-corrected chi connectivity index (χ3v) is 4.20. The molecule has 1 atom stereocenters. The molecule has 0 bridgehead atoms. The second kappa shape index (κ2) is 4.98. The van der Waals surface area contributed by atoms with E-state index >= 15 is 0 Å². The number of nitrogens with zero attached hydrogens (tertiary/aromatic N) is 4. The number of nitrogens with one attached hydrogen (secondary N) is 1. The lowest BCUT2D eigenvalue weighted by Gasteiger charge is -2.13. The Morgan fingerprint density at radius 3 is 2.95 bits per heavy atom. The molecule has 1 amide bonds. The molecule has 1 aliphatic heterocycles. The summed E-state index contributed by atoms with van der Waals surface area (Å²) in [6.45, 7) is 0.726. The Kier molecular flexibility index (Phi) is 2.96. The number of imidazole rings is 2. The zero-order valence-electron chi connectivity index (χ0n) is 12.4. The lowest BCUT2D eigenvalue weighted by Crippen LogP contribution is -2.29. The van der Waals surface area contributed by atoms with Crippen molar-refractivity contribution in [1.29, 1.82) is 0 Å². The van der Waals surface area contributed by atoms with Crippen molar-refractivity contribution in [1.82, 2.24) is 24.4 Å². The molecule has 1 unspecified atom stereocenters. The van der Waals surface area contributed by atoms with Gasteiger partial charge in [-0.15, -0.1) is 0 Å². The monoisotopic (exact) mass is 295 g/mol. The molecule has 1 aliphatic rings. The zero-order valence-corrected chi connectivity index (χ0v) is 12.4. The van der Waals surface area contributed by atoms with E-state index in [1.54, 1.807) is 6.20 Å². The summed E-state index contributed by atoms with van der Waals surface area (Å²) >= 11 is 0. The van der Waals surface area contributed by atoms with Gasteiger partial charge in [0.15, 0.2) is 11.6 Å². The molecule has 1 aromatic carbocycles. The van der Waals surface area contributed by atoms with Gasteiger partial charge in [-0.2, -0.15) is 0 Å². The molecule has 4 rings (SSSR count). The Morgan fingerprint density at radius 1 is 1.32 bits per heavy atom. The predicted molar refractivity (Wildman–Crippen MR) is 83.1 cm³/mol. The average molecular weight is 295 g/mol. The number of aryl methyl sites for hydroxylation is 1. The van der Waals surface area contributed by atoms with Gasteiger partial charge in [0.2, 0.25) is 5.91 Å². The van der Waals surface area contributed by atoms with E-state index in [2.05, 4.69) is 25.5 Å². The minimum Gasteiger partial charge on any atom is -0.352 e. The van der Waals surface area contributed by atoms with E-state index in [4.69, 9.17) is 4.98 Å². The number of carbonyl (C=O) groups is 1. The molecule has 6 heteroatoms. The highest BCUT2D eigenvalue weighted by molar-refractivity contribution is 5.79. The van der Waals surface area contributed by atoms with Gasteiger partial charge >= 0.3 is 0 Å². The molecule has 1 saturated heterocycles. The lowest BCUT2D eigenvalue weighted by atomic mass is 10.2. The van der Waals surface area contributed by atoms with Crippen LogP contribution in [0.5, 0.6) is 0 Å². The summed E-state index contributed by atoms with van der Waals surface area (Å²) < 4.78 is 4.12. The number of carbonyl (C=O) groups excluding carboxylic acids is 1. The first-order chi connectivity index (χ1) is 10.7. The molecule has 1 fully saturated rings. The number of benzene rings is 1. The minimum atomic E-state index is 0.134. The highest BCUT2D eigenvalue weighted by Gasteiger charge is 2.23. The van der Waals surface area contributed by atoms with Crippen LogP contribution in [0, 0.1) is 0 Å². The van der Waals surface area contributed by atoms with Gasteiger partial charge in [-0.3, -0.25) is 4.79 Å². The maximum Gasteiger partial charge on any atom is 0.220 e. The van der Waals surface area contributed by atoms with Crippen molar-refractivity contribution in [3.63, 3.8) is 0 Å². The SMILES string of the molecule is Cn1c(-c2nccn2CC2CCC(=O)N2)nc2ccccc21. The second-order valence-corrected chi connectivity index (χ2v) is 5.69. The smallest absolute Gasteiger partial charge is 0.220 e. The average Bonchev–Trinajstić information content (AvgIpc) is 3.21. The molecule has 22 heavy (non-hydrogen) atoms. The highest BCUT2D eigenvalue weighted by Crippen LogP contribution is 2.23. The van der Waals surface area contributed by atoms with E-state index < -0.39 is 0 Å². The van der Waals surface area contributed by atoms with Crippen molar-refractivity contribution >= 4 is 16.9 Å². The molecular weight excluding hydrogens is 278 g/mol. The molecule has 112 valence electrons. The number of rotatable bonds is 3. The molecule has 6 nitrogen and oxygen atoms in total. The van der Waals surface area contributed by atoms with Gasteiger partial charge in [0.1, 0.15) is 0 Å². The molecule has 3 heterocycles. The maximum atomic E-state index is 11.4. The number of fused-ring (bicyclic) bond motifs is 1. The van der Waals surface area contributed by atoms with Crippen LogP contribution in [0.1, 0.15) is 12.8 Å². The number of hydrogen-bond acceptors (Lipinski definition) is 3. The maximum absolute atomic E-state index is 11.4. The van der Waals surface area contributed by atoms with E-state index in [9.17, 15) is 4.79 Å². The van der Waals surface area contributed by atoms with Crippen LogP contribution in [0.25, 0.3) is 22.7 Å². The van der Waals surface area contributed by atoms with Crippen LogP contribution < -0.4 is 5.32 Å². The van der Waals surface area contributed by atoms with Crippen LogP contribution in [-0.2, 0) is 18.4 Å². The van der Waals surface area contributed by atoms with Gasteiger partial charge in [-0.05, 0) is 18.6 Å². The van der Waals surface area contributed by atoms with E-state index in [-0.39, 0.29) is 11.9 Å². The third kappa shape index (κ3) is 2.07. The normalized spacial score (nSPS) is 18.0. The van der Waals surface area contributed by atoms with Crippen molar-refractivity contribution < 1.29 is 4.79 Å². The number of para-hydroxylation sites is 2. The van der Waals surface area contributed by atoms with Crippen LogP contribution in [0.3, 0.4) is 0 Å². The highest BCUT2D eigenvalue weighted by atomic mass is 16.1. The third-order valence-electron chi connectivity index (χ3n) is 4.20.